The molecule has 0 atom stereocenters. The van der Waals surface area contributed by atoms with E-state index in [9.17, 15) is 0 Å². The Morgan fingerprint density at radius 2 is 1.89 bits per heavy atom. The highest BCUT2D eigenvalue weighted by atomic mass is 79.9. The highest BCUT2D eigenvalue weighted by molar-refractivity contribution is 9.10. The molecule has 0 saturated carbocycles. The third-order valence-corrected chi connectivity index (χ3v) is 4.41. The largest absolute Gasteiger partial charge is 0.487 e. The van der Waals surface area contributed by atoms with Gasteiger partial charge >= 0.3 is 0 Å². The number of halogens is 1. The van der Waals surface area contributed by atoms with E-state index in [-0.39, 0.29) is 0 Å². The van der Waals surface area contributed by atoms with Gasteiger partial charge in [0.2, 0.25) is 0 Å². The second-order valence-corrected chi connectivity index (χ2v) is 5.91. The van der Waals surface area contributed by atoms with E-state index in [4.69, 9.17) is 4.74 Å². The molecular weight excluding hydrogens is 308 g/mol. The SMILES string of the molecule is Brc1csc(COc2cccc3ccccc23)c1. The average Bonchev–Trinajstić information content (AvgIpc) is 2.82. The van der Waals surface area contributed by atoms with Crippen molar-refractivity contribution in [3.63, 3.8) is 0 Å². The van der Waals surface area contributed by atoms with Crippen LogP contribution in [0.15, 0.2) is 58.4 Å². The molecule has 18 heavy (non-hydrogen) atoms. The van der Waals surface area contributed by atoms with Crippen molar-refractivity contribution in [2.45, 2.75) is 6.61 Å². The fourth-order valence-corrected chi connectivity index (χ4v) is 3.26. The van der Waals surface area contributed by atoms with E-state index < -0.39 is 0 Å². The van der Waals surface area contributed by atoms with Gasteiger partial charge in [0.1, 0.15) is 12.4 Å². The molecular formula is C15H11BrOS. The summed E-state index contributed by atoms with van der Waals surface area (Å²) in [5.41, 5.74) is 0. The quantitative estimate of drug-likeness (QED) is 0.641. The second-order valence-electron chi connectivity index (χ2n) is 4.00. The molecule has 3 rings (SSSR count). The Labute approximate surface area is 118 Å². The zero-order valence-corrected chi connectivity index (χ0v) is 12.0. The third kappa shape index (κ3) is 2.42. The number of rotatable bonds is 3. The molecule has 3 aromatic rings. The maximum Gasteiger partial charge on any atom is 0.127 e. The maximum atomic E-state index is 5.91. The van der Waals surface area contributed by atoms with Crippen LogP contribution in [0, 0.1) is 0 Å². The van der Waals surface area contributed by atoms with Gasteiger partial charge in [0.15, 0.2) is 0 Å². The Morgan fingerprint density at radius 3 is 2.72 bits per heavy atom. The number of ether oxygens (including phenoxy) is 1. The van der Waals surface area contributed by atoms with Gasteiger partial charge < -0.3 is 4.74 Å². The standard InChI is InChI=1S/C15H11BrOS/c16-12-8-13(18-10-12)9-17-15-7-3-5-11-4-1-2-6-14(11)15/h1-8,10H,9H2. The predicted molar refractivity (Wildman–Crippen MR) is 80.3 cm³/mol. The maximum absolute atomic E-state index is 5.91. The Morgan fingerprint density at radius 1 is 1.06 bits per heavy atom. The molecule has 0 aliphatic carbocycles. The summed E-state index contributed by atoms with van der Waals surface area (Å²) in [4.78, 5) is 1.22. The number of hydrogen-bond donors (Lipinski definition) is 0. The Hall–Kier alpha value is -1.32. The van der Waals surface area contributed by atoms with Gasteiger partial charge in [-0.25, -0.2) is 0 Å². The van der Waals surface area contributed by atoms with Crippen LogP contribution in [0.25, 0.3) is 10.8 Å². The van der Waals surface area contributed by atoms with Crippen molar-refractivity contribution in [2.24, 2.45) is 0 Å². The van der Waals surface area contributed by atoms with Crippen molar-refractivity contribution in [3.05, 3.63) is 63.3 Å². The molecule has 0 N–H and O–H groups in total. The van der Waals surface area contributed by atoms with E-state index in [1.807, 2.05) is 24.3 Å². The number of thiophene rings is 1. The van der Waals surface area contributed by atoms with E-state index in [1.54, 1.807) is 11.3 Å². The lowest BCUT2D eigenvalue weighted by atomic mass is 10.1. The molecule has 1 heterocycles. The van der Waals surface area contributed by atoms with E-state index >= 15 is 0 Å². The first kappa shape index (κ1) is 11.8. The third-order valence-electron chi connectivity index (χ3n) is 2.74. The fourth-order valence-electron chi connectivity index (χ4n) is 1.90. The molecule has 1 aromatic heterocycles. The summed E-state index contributed by atoms with van der Waals surface area (Å²) in [5, 5.41) is 4.44. The number of hydrogen-bond acceptors (Lipinski definition) is 2. The van der Waals surface area contributed by atoms with Gasteiger partial charge in [0.05, 0.1) is 0 Å². The zero-order chi connectivity index (χ0) is 12.4. The molecule has 0 radical (unpaired) electrons. The van der Waals surface area contributed by atoms with Crippen LogP contribution in [0.1, 0.15) is 4.88 Å². The first-order valence-electron chi connectivity index (χ1n) is 5.66. The lowest BCUT2D eigenvalue weighted by Gasteiger charge is -2.08. The Balaban J connectivity index is 1.86. The molecule has 0 unspecified atom stereocenters. The minimum atomic E-state index is 0.615. The first-order chi connectivity index (χ1) is 8.83. The predicted octanol–water partition coefficient (Wildman–Crippen LogP) is 5.24. The van der Waals surface area contributed by atoms with E-state index in [2.05, 4.69) is 45.6 Å². The summed E-state index contributed by atoms with van der Waals surface area (Å²) >= 11 is 5.16. The average molecular weight is 319 g/mol. The second kappa shape index (κ2) is 5.12. The van der Waals surface area contributed by atoms with Gasteiger partial charge in [-0.3, -0.25) is 0 Å². The molecule has 0 aliphatic heterocycles. The molecule has 0 saturated heterocycles. The van der Waals surface area contributed by atoms with Gasteiger partial charge in [-0.05, 0) is 33.4 Å². The number of fused-ring (bicyclic) bond motifs is 1. The smallest absolute Gasteiger partial charge is 0.127 e. The summed E-state index contributed by atoms with van der Waals surface area (Å²) in [6, 6.07) is 16.5. The molecule has 0 aliphatic rings. The Bertz CT molecular complexity index is 670. The Kier molecular flexibility index (Phi) is 3.35. The minimum Gasteiger partial charge on any atom is -0.487 e. The molecule has 1 nitrogen and oxygen atoms in total. The van der Waals surface area contributed by atoms with E-state index in [0.29, 0.717) is 6.61 Å². The molecule has 0 fully saturated rings. The van der Waals surface area contributed by atoms with Gasteiger partial charge in [0, 0.05) is 20.1 Å². The minimum absolute atomic E-state index is 0.615. The van der Waals surface area contributed by atoms with Crippen LogP contribution in [0.4, 0.5) is 0 Å². The van der Waals surface area contributed by atoms with E-state index in [0.717, 1.165) is 15.6 Å². The van der Waals surface area contributed by atoms with Crippen LogP contribution >= 0.6 is 27.3 Å². The van der Waals surface area contributed by atoms with Gasteiger partial charge in [-0.1, -0.05) is 36.4 Å². The van der Waals surface area contributed by atoms with Crippen molar-refractivity contribution in [2.75, 3.05) is 0 Å². The highest BCUT2D eigenvalue weighted by Crippen LogP contribution is 2.27. The van der Waals surface area contributed by atoms with Gasteiger partial charge in [-0.2, -0.15) is 0 Å². The van der Waals surface area contributed by atoms with Crippen molar-refractivity contribution in [3.8, 4) is 5.75 Å². The van der Waals surface area contributed by atoms with Crippen LogP contribution < -0.4 is 4.74 Å². The molecule has 90 valence electrons. The highest BCUT2D eigenvalue weighted by Gasteiger charge is 2.03. The zero-order valence-electron chi connectivity index (χ0n) is 9.60. The summed E-state index contributed by atoms with van der Waals surface area (Å²) in [6.45, 7) is 0.615. The molecule has 0 spiro atoms. The topological polar surface area (TPSA) is 9.23 Å². The van der Waals surface area contributed by atoms with Crippen molar-refractivity contribution < 1.29 is 4.74 Å². The summed E-state index contributed by atoms with van der Waals surface area (Å²) in [7, 11) is 0. The molecule has 2 aromatic carbocycles. The number of benzene rings is 2. The van der Waals surface area contributed by atoms with Crippen molar-refractivity contribution in [1.82, 2.24) is 0 Å². The van der Waals surface area contributed by atoms with E-state index in [1.165, 1.54) is 10.3 Å². The van der Waals surface area contributed by atoms with Crippen LogP contribution in [-0.2, 0) is 6.61 Å². The van der Waals surface area contributed by atoms with Crippen LogP contribution in [-0.4, -0.2) is 0 Å². The normalized spacial score (nSPS) is 10.7. The lowest BCUT2D eigenvalue weighted by Crippen LogP contribution is -1.93. The van der Waals surface area contributed by atoms with Crippen LogP contribution in [0.5, 0.6) is 5.75 Å². The van der Waals surface area contributed by atoms with Gasteiger partial charge in [0.25, 0.3) is 0 Å². The van der Waals surface area contributed by atoms with Crippen LogP contribution in [0.2, 0.25) is 0 Å². The lowest BCUT2D eigenvalue weighted by molar-refractivity contribution is 0.313. The molecule has 3 heteroatoms. The fraction of sp³-hybridized carbons (Fsp3) is 0.0667. The van der Waals surface area contributed by atoms with Crippen molar-refractivity contribution in [1.29, 1.82) is 0 Å². The van der Waals surface area contributed by atoms with Crippen LogP contribution in [0.3, 0.4) is 0 Å². The summed E-state index contributed by atoms with van der Waals surface area (Å²) in [5.74, 6) is 0.942. The molecule has 0 bridgehead atoms. The summed E-state index contributed by atoms with van der Waals surface area (Å²) < 4.78 is 7.02. The van der Waals surface area contributed by atoms with Crippen molar-refractivity contribution >= 4 is 38.0 Å². The molecule has 0 amide bonds. The summed E-state index contributed by atoms with van der Waals surface area (Å²) in [6.07, 6.45) is 0. The first-order valence-corrected chi connectivity index (χ1v) is 7.34. The van der Waals surface area contributed by atoms with Gasteiger partial charge in [-0.15, -0.1) is 11.3 Å². The monoisotopic (exact) mass is 318 g/mol.